The molecular weight excluding hydrogens is 306 g/mol. The molecule has 3 rings (SSSR count). The van der Waals surface area contributed by atoms with E-state index in [0.29, 0.717) is 18.2 Å². The van der Waals surface area contributed by atoms with Gasteiger partial charge in [-0.1, -0.05) is 19.9 Å². The van der Waals surface area contributed by atoms with E-state index in [1.807, 2.05) is 18.2 Å². The highest BCUT2D eigenvalue weighted by Gasteiger charge is 2.35. The molecule has 1 atom stereocenters. The molecule has 0 fully saturated rings. The number of anilines is 1. The fourth-order valence-corrected chi connectivity index (χ4v) is 2.67. The number of carbonyl (C=O) groups excluding carboxylic acids is 1. The minimum Gasteiger partial charge on any atom is -0.492 e. The van der Waals surface area contributed by atoms with Crippen molar-refractivity contribution in [3.8, 4) is 17.4 Å². The van der Waals surface area contributed by atoms with Crippen molar-refractivity contribution in [2.75, 3.05) is 11.9 Å². The van der Waals surface area contributed by atoms with Gasteiger partial charge in [-0.15, -0.1) is 0 Å². The van der Waals surface area contributed by atoms with Crippen LogP contribution in [-0.4, -0.2) is 23.5 Å². The maximum Gasteiger partial charge on any atom is 0.239 e. The number of hydrogen-bond donors (Lipinski definition) is 2. The maximum absolute atomic E-state index is 11.1. The molecule has 3 N–H and O–H groups in total. The van der Waals surface area contributed by atoms with Crippen LogP contribution in [-0.2, 0) is 10.2 Å². The van der Waals surface area contributed by atoms with Crippen LogP contribution in [0, 0.1) is 0 Å². The molecule has 126 valence electrons. The van der Waals surface area contributed by atoms with E-state index in [-0.39, 0.29) is 5.41 Å². The van der Waals surface area contributed by atoms with Gasteiger partial charge in [-0.05, 0) is 25.1 Å². The molecule has 1 amide bonds. The van der Waals surface area contributed by atoms with Crippen LogP contribution in [0.25, 0.3) is 0 Å². The van der Waals surface area contributed by atoms with Crippen LogP contribution < -0.4 is 20.5 Å². The molecule has 6 heteroatoms. The summed E-state index contributed by atoms with van der Waals surface area (Å²) in [7, 11) is 0. The quantitative estimate of drug-likeness (QED) is 0.882. The topological polar surface area (TPSA) is 86.5 Å². The van der Waals surface area contributed by atoms with E-state index in [0.717, 1.165) is 17.1 Å². The fraction of sp³-hybridized carbons (Fsp3) is 0.333. The first-order valence-corrected chi connectivity index (χ1v) is 7.83. The minimum atomic E-state index is -0.464. The Bertz CT molecular complexity index is 757. The molecule has 2 heterocycles. The van der Waals surface area contributed by atoms with Crippen LogP contribution in [0.1, 0.15) is 26.3 Å². The summed E-state index contributed by atoms with van der Waals surface area (Å²) in [5.41, 5.74) is 6.88. The molecule has 1 aromatic heterocycles. The van der Waals surface area contributed by atoms with Crippen LogP contribution in [0.4, 0.5) is 5.69 Å². The molecule has 0 spiro atoms. The molecule has 1 aliphatic rings. The van der Waals surface area contributed by atoms with Crippen LogP contribution in [0.2, 0.25) is 0 Å². The van der Waals surface area contributed by atoms with Crippen molar-refractivity contribution < 1.29 is 14.3 Å². The number of benzene rings is 1. The summed E-state index contributed by atoms with van der Waals surface area (Å²) >= 11 is 0. The van der Waals surface area contributed by atoms with Crippen molar-refractivity contribution in [2.24, 2.45) is 5.73 Å². The lowest BCUT2D eigenvalue weighted by atomic mass is 9.86. The van der Waals surface area contributed by atoms with Gasteiger partial charge in [-0.25, -0.2) is 4.98 Å². The Morgan fingerprint density at radius 2 is 2.17 bits per heavy atom. The summed E-state index contributed by atoms with van der Waals surface area (Å²) in [5.74, 6) is 1.65. The second-order valence-corrected chi connectivity index (χ2v) is 6.56. The highest BCUT2D eigenvalue weighted by molar-refractivity contribution is 5.82. The van der Waals surface area contributed by atoms with E-state index < -0.39 is 11.9 Å². The van der Waals surface area contributed by atoms with Gasteiger partial charge in [-0.3, -0.25) is 4.79 Å². The van der Waals surface area contributed by atoms with Gasteiger partial charge in [0.05, 0.1) is 18.5 Å². The number of fused-ring (bicyclic) bond motifs is 1. The van der Waals surface area contributed by atoms with Gasteiger partial charge in [0.2, 0.25) is 11.8 Å². The van der Waals surface area contributed by atoms with Crippen LogP contribution in [0.3, 0.4) is 0 Å². The van der Waals surface area contributed by atoms with E-state index in [1.165, 1.54) is 0 Å². The van der Waals surface area contributed by atoms with Crippen molar-refractivity contribution in [3.63, 3.8) is 0 Å². The standard InChI is InChI=1S/C18H21N3O3/c1-11(17(19)22)21-12-7-8-15(20-9-12)24-14-6-4-5-13-16(14)18(2,3)10-23-13/h4-9,11,21H,10H2,1-3H3,(H2,19,22)/t11-/m1/s1. The molecule has 1 aromatic carbocycles. The second kappa shape index (κ2) is 6.03. The number of rotatable bonds is 5. The first kappa shape index (κ1) is 16.1. The fourth-order valence-electron chi connectivity index (χ4n) is 2.67. The predicted molar refractivity (Wildman–Crippen MR) is 91.6 cm³/mol. The molecule has 0 aliphatic carbocycles. The number of nitrogens with zero attached hydrogens (tertiary/aromatic N) is 1. The average Bonchev–Trinajstić information content (AvgIpc) is 2.85. The van der Waals surface area contributed by atoms with Crippen molar-refractivity contribution in [2.45, 2.75) is 32.2 Å². The zero-order valence-corrected chi connectivity index (χ0v) is 14.0. The summed E-state index contributed by atoms with van der Waals surface area (Å²) in [5, 5.41) is 2.97. The summed E-state index contributed by atoms with van der Waals surface area (Å²) in [4.78, 5) is 15.4. The Morgan fingerprint density at radius 1 is 1.38 bits per heavy atom. The zero-order valence-electron chi connectivity index (χ0n) is 14.0. The lowest BCUT2D eigenvalue weighted by Gasteiger charge is -2.18. The third-order valence-electron chi connectivity index (χ3n) is 4.01. The van der Waals surface area contributed by atoms with Crippen molar-refractivity contribution in [1.29, 1.82) is 0 Å². The second-order valence-electron chi connectivity index (χ2n) is 6.56. The van der Waals surface area contributed by atoms with E-state index >= 15 is 0 Å². The van der Waals surface area contributed by atoms with Gasteiger partial charge in [-0.2, -0.15) is 0 Å². The maximum atomic E-state index is 11.1. The Labute approximate surface area is 141 Å². The highest BCUT2D eigenvalue weighted by atomic mass is 16.5. The SMILES string of the molecule is C[C@@H](Nc1ccc(Oc2cccc3c2C(C)(C)CO3)nc1)C(N)=O. The monoisotopic (exact) mass is 327 g/mol. The third kappa shape index (κ3) is 3.13. The highest BCUT2D eigenvalue weighted by Crippen LogP contribution is 2.45. The van der Waals surface area contributed by atoms with E-state index in [9.17, 15) is 4.79 Å². The number of pyridine rings is 1. The number of hydrogen-bond acceptors (Lipinski definition) is 5. The lowest BCUT2D eigenvalue weighted by molar-refractivity contribution is -0.118. The summed E-state index contributed by atoms with van der Waals surface area (Å²) in [6, 6.07) is 8.85. The molecule has 0 bridgehead atoms. The van der Waals surface area contributed by atoms with Gasteiger partial charge in [0.15, 0.2) is 0 Å². The molecule has 0 saturated carbocycles. The number of carbonyl (C=O) groups is 1. The summed E-state index contributed by atoms with van der Waals surface area (Å²) in [6.07, 6.45) is 1.61. The van der Waals surface area contributed by atoms with Gasteiger partial charge in [0.25, 0.3) is 0 Å². The Balaban J connectivity index is 1.79. The molecule has 2 aromatic rings. The number of nitrogens with one attached hydrogen (secondary N) is 1. The van der Waals surface area contributed by atoms with E-state index in [1.54, 1.807) is 25.3 Å². The molecular formula is C18H21N3O3. The van der Waals surface area contributed by atoms with Gasteiger partial charge in [0.1, 0.15) is 17.5 Å². The smallest absolute Gasteiger partial charge is 0.239 e. The Hall–Kier alpha value is -2.76. The number of ether oxygens (including phenoxy) is 2. The molecule has 0 saturated heterocycles. The van der Waals surface area contributed by atoms with E-state index in [2.05, 4.69) is 24.1 Å². The van der Waals surface area contributed by atoms with E-state index in [4.69, 9.17) is 15.2 Å². The molecule has 1 aliphatic heterocycles. The van der Waals surface area contributed by atoms with Crippen LogP contribution >= 0.6 is 0 Å². The van der Waals surface area contributed by atoms with Crippen LogP contribution in [0.15, 0.2) is 36.5 Å². The van der Waals surface area contributed by atoms with Gasteiger partial charge in [0, 0.05) is 17.0 Å². The predicted octanol–water partition coefficient (Wildman–Crippen LogP) is 2.83. The molecule has 6 nitrogen and oxygen atoms in total. The lowest BCUT2D eigenvalue weighted by Crippen LogP contribution is -2.32. The first-order chi connectivity index (χ1) is 11.4. The third-order valence-corrected chi connectivity index (χ3v) is 4.01. The van der Waals surface area contributed by atoms with Crippen molar-refractivity contribution >= 4 is 11.6 Å². The number of nitrogens with two attached hydrogens (primary N) is 1. The first-order valence-electron chi connectivity index (χ1n) is 7.83. The number of primary amides is 1. The Kier molecular flexibility index (Phi) is 4.05. The summed E-state index contributed by atoms with van der Waals surface area (Å²) < 4.78 is 11.7. The normalized spacial score (nSPS) is 16.0. The molecule has 24 heavy (non-hydrogen) atoms. The van der Waals surface area contributed by atoms with Crippen molar-refractivity contribution in [1.82, 2.24) is 4.98 Å². The molecule has 0 radical (unpaired) electrons. The van der Waals surface area contributed by atoms with Crippen LogP contribution in [0.5, 0.6) is 17.4 Å². The number of amides is 1. The number of aromatic nitrogens is 1. The zero-order chi connectivity index (χ0) is 17.3. The van der Waals surface area contributed by atoms with Crippen molar-refractivity contribution in [3.05, 3.63) is 42.1 Å². The average molecular weight is 327 g/mol. The molecule has 0 unspecified atom stereocenters. The minimum absolute atomic E-state index is 0.107. The van der Waals surface area contributed by atoms with Gasteiger partial charge < -0.3 is 20.5 Å². The Morgan fingerprint density at radius 3 is 2.83 bits per heavy atom. The van der Waals surface area contributed by atoms with Gasteiger partial charge >= 0.3 is 0 Å². The largest absolute Gasteiger partial charge is 0.492 e. The summed E-state index contributed by atoms with van der Waals surface area (Å²) in [6.45, 7) is 6.57.